The Labute approximate surface area is 93.3 Å². The van der Waals surface area contributed by atoms with Crippen LogP contribution in [0.1, 0.15) is 17.4 Å². The number of imidazole rings is 1. The molecular formula is C12H12N2O2. The van der Waals surface area contributed by atoms with Gasteiger partial charge < -0.3 is 9.72 Å². The molecule has 2 rings (SSSR count). The first-order valence-electron chi connectivity index (χ1n) is 5.01. The summed E-state index contributed by atoms with van der Waals surface area (Å²) in [6, 6.07) is 9.64. The molecule has 16 heavy (non-hydrogen) atoms. The molecule has 0 saturated carbocycles. The molecule has 4 heteroatoms. The highest BCUT2D eigenvalue weighted by atomic mass is 16.5. The van der Waals surface area contributed by atoms with Crippen LogP contribution in [0.5, 0.6) is 0 Å². The Bertz CT molecular complexity index is 426. The van der Waals surface area contributed by atoms with Gasteiger partial charge in [-0.1, -0.05) is 30.3 Å². The van der Waals surface area contributed by atoms with Crippen molar-refractivity contribution in [2.24, 2.45) is 0 Å². The Hall–Kier alpha value is -2.10. The molecule has 1 N–H and O–H groups in total. The zero-order valence-corrected chi connectivity index (χ0v) is 8.67. The van der Waals surface area contributed by atoms with Crippen LogP contribution in [0.2, 0.25) is 0 Å². The predicted octanol–water partition coefficient (Wildman–Crippen LogP) is 1.87. The molecule has 82 valence electrons. The summed E-state index contributed by atoms with van der Waals surface area (Å²) in [5.41, 5.74) is 1.92. The highest BCUT2D eigenvalue weighted by Crippen LogP contribution is 2.20. The van der Waals surface area contributed by atoms with E-state index in [0.29, 0.717) is 12.9 Å². The van der Waals surface area contributed by atoms with E-state index >= 15 is 0 Å². The number of H-pyrrole nitrogens is 1. The SMILES string of the molecule is O=COC(Cc1cnc[nH]1)c1ccccc1. The van der Waals surface area contributed by atoms with Crippen LogP contribution in [0, 0.1) is 0 Å². The van der Waals surface area contributed by atoms with Crippen molar-refractivity contribution in [2.75, 3.05) is 0 Å². The smallest absolute Gasteiger partial charge is 0.293 e. The van der Waals surface area contributed by atoms with Gasteiger partial charge in [-0.05, 0) is 5.56 Å². The van der Waals surface area contributed by atoms with Gasteiger partial charge in [-0.15, -0.1) is 0 Å². The van der Waals surface area contributed by atoms with Crippen LogP contribution in [-0.2, 0) is 16.0 Å². The third kappa shape index (κ3) is 2.48. The summed E-state index contributed by atoms with van der Waals surface area (Å²) in [5.74, 6) is 0. The fourth-order valence-electron chi connectivity index (χ4n) is 1.58. The number of ether oxygens (including phenoxy) is 1. The second-order valence-electron chi connectivity index (χ2n) is 3.41. The molecule has 0 aliphatic carbocycles. The summed E-state index contributed by atoms with van der Waals surface area (Å²) in [6.07, 6.45) is 3.67. The van der Waals surface area contributed by atoms with Crippen LogP contribution in [-0.4, -0.2) is 16.4 Å². The van der Waals surface area contributed by atoms with Crippen LogP contribution in [0.25, 0.3) is 0 Å². The molecule has 1 heterocycles. The number of nitrogens with zero attached hydrogens (tertiary/aromatic N) is 1. The number of aromatic amines is 1. The molecule has 2 aromatic rings. The monoisotopic (exact) mass is 216 g/mol. The van der Waals surface area contributed by atoms with E-state index in [-0.39, 0.29) is 6.10 Å². The average molecular weight is 216 g/mol. The molecule has 0 spiro atoms. The topological polar surface area (TPSA) is 55.0 Å². The maximum Gasteiger partial charge on any atom is 0.293 e. The third-order valence-electron chi connectivity index (χ3n) is 2.35. The summed E-state index contributed by atoms with van der Waals surface area (Å²) < 4.78 is 5.07. The Morgan fingerprint density at radius 3 is 2.81 bits per heavy atom. The van der Waals surface area contributed by atoms with Gasteiger partial charge in [0.2, 0.25) is 0 Å². The standard InChI is InChI=1S/C12H12N2O2/c15-9-16-12(6-11-7-13-8-14-11)10-4-2-1-3-5-10/h1-5,7-9,12H,6H2,(H,13,14). The molecular weight excluding hydrogens is 204 g/mol. The molecule has 1 atom stereocenters. The van der Waals surface area contributed by atoms with E-state index in [9.17, 15) is 4.79 Å². The van der Waals surface area contributed by atoms with Crippen molar-refractivity contribution < 1.29 is 9.53 Å². The van der Waals surface area contributed by atoms with E-state index in [1.165, 1.54) is 0 Å². The first-order chi connectivity index (χ1) is 7.90. The van der Waals surface area contributed by atoms with Crippen molar-refractivity contribution in [3.05, 3.63) is 54.1 Å². The van der Waals surface area contributed by atoms with E-state index in [0.717, 1.165) is 11.3 Å². The Kier molecular flexibility index (Phi) is 3.33. The van der Waals surface area contributed by atoms with Gasteiger partial charge in [0.15, 0.2) is 0 Å². The number of nitrogens with one attached hydrogen (secondary N) is 1. The largest absolute Gasteiger partial charge is 0.459 e. The van der Waals surface area contributed by atoms with E-state index in [2.05, 4.69) is 9.97 Å². The van der Waals surface area contributed by atoms with Gasteiger partial charge in [-0.2, -0.15) is 0 Å². The molecule has 1 aromatic heterocycles. The maximum absolute atomic E-state index is 10.5. The van der Waals surface area contributed by atoms with E-state index in [1.807, 2.05) is 30.3 Å². The molecule has 1 unspecified atom stereocenters. The van der Waals surface area contributed by atoms with Gasteiger partial charge in [0.1, 0.15) is 6.10 Å². The second-order valence-corrected chi connectivity index (χ2v) is 3.41. The average Bonchev–Trinajstić information content (AvgIpc) is 2.83. The molecule has 0 aliphatic rings. The molecule has 0 bridgehead atoms. The van der Waals surface area contributed by atoms with Gasteiger partial charge in [-0.25, -0.2) is 4.98 Å². The molecule has 4 nitrogen and oxygen atoms in total. The molecule has 0 aliphatic heterocycles. The van der Waals surface area contributed by atoms with Gasteiger partial charge in [0.05, 0.1) is 6.33 Å². The highest BCUT2D eigenvalue weighted by Gasteiger charge is 2.13. The van der Waals surface area contributed by atoms with Crippen molar-refractivity contribution >= 4 is 6.47 Å². The number of hydrogen-bond donors (Lipinski definition) is 1. The number of rotatable bonds is 5. The van der Waals surface area contributed by atoms with Crippen molar-refractivity contribution in [3.63, 3.8) is 0 Å². The number of carbonyl (C=O) groups excluding carboxylic acids is 1. The maximum atomic E-state index is 10.5. The number of aromatic nitrogens is 2. The minimum absolute atomic E-state index is 0.265. The zero-order valence-electron chi connectivity index (χ0n) is 8.67. The van der Waals surface area contributed by atoms with Crippen LogP contribution in [0.3, 0.4) is 0 Å². The van der Waals surface area contributed by atoms with Crippen LogP contribution in [0.15, 0.2) is 42.9 Å². The van der Waals surface area contributed by atoms with Crippen LogP contribution < -0.4 is 0 Å². The number of benzene rings is 1. The lowest BCUT2D eigenvalue weighted by Crippen LogP contribution is -2.07. The third-order valence-corrected chi connectivity index (χ3v) is 2.35. The molecule has 0 radical (unpaired) electrons. The summed E-state index contributed by atoms with van der Waals surface area (Å²) in [6.45, 7) is 0.480. The lowest BCUT2D eigenvalue weighted by Gasteiger charge is -2.14. The summed E-state index contributed by atoms with van der Waals surface area (Å²) >= 11 is 0. The minimum Gasteiger partial charge on any atom is -0.459 e. The lowest BCUT2D eigenvalue weighted by molar-refractivity contribution is -0.133. The second kappa shape index (κ2) is 5.11. The van der Waals surface area contributed by atoms with E-state index in [1.54, 1.807) is 12.5 Å². The molecule has 0 saturated heterocycles. The van der Waals surface area contributed by atoms with Crippen molar-refractivity contribution in [1.29, 1.82) is 0 Å². The quantitative estimate of drug-likeness (QED) is 0.776. The van der Waals surface area contributed by atoms with Crippen LogP contribution in [0.4, 0.5) is 0 Å². The first-order valence-corrected chi connectivity index (χ1v) is 5.01. The summed E-state index contributed by atoms with van der Waals surface area (Å²) in [5, 5.41) is 0. The fraction of sp³-hybridized carbons (Fsp3) is 0.167. The van der Waals surface area contributed by atoms with E-state index in [4.69, 9.17) is 4.74 Å². The Morgan fingerprint density at radius 1 is 1.38 bits per heavy atom. The zero-order chi connectivity index (χ0) is 11.2. The first kappa shape index (κ1) is 10.4. The highest BCUT2D eigenvalue weighted by molar-refractivity contribution is 5.39. The van der Waals surface area contributed by atoms with Gasteiger partial charge in [-0.3, -0.25) is 4.79 Å². The molecule has 0 amide bonds. The molecule has 1 aromatic carbocycles. The minimum atomic E-state index is -0.265. The van der Waals surface area contributed by atoms with Crippen molar-refractivity contribution in [3.8, 4) is 0 Å². The normalized spacial score (nSPS) is 12.0. The van der Waals surface area contributed by atoms with Gasteiger partial charge in [0.25, 0.3) is 6.47 Å². The number of carbonyl (C=O) groups is 1. The Balaban J connectivity index is 2.14. The van der Waals surface area contributed by atoms with Crippen molar-refractivity contribution in [2.45, 2.75) is 12.5 Å². The predicted molar refractivity (Wildman–Crippen MR) is 58.6 cm³/mol. The Morgan fingerprint density at radius 2 is 2.19 bits per heavy atom. The van der Waals surface area contributed by atoms with Crippen molar-refractivity contribution in [1.82, 2.24) is 9.97 Å². The molecule has 0 fully saturated rings. The van der Waals surface area contributed by atoms with E-state index < -0.39 is 0 Å². The number of hydrogen-bond acceptors (Lipinski definition) is 3. The van der Waals surface area contributed by atoms with Gasteiger partial charge >= 0.3 is 0 Å². The fourth-order valence-corrected chi connectivity index (χ4v) is 1.58. The van der Waals surface area contributed by atoms with Crippen LogP contribution >= 0.6 is 0 Å². The van der Waals surface area contributed by atoms with Gasteiger partial charge in [0, 0.05) is 18.3 Å². The summed E-state index contributed by atoms with van der Waals surface area (Å²) in [4.78, 5) is 17.4. The summed E-state index contributed by atoms with van der Waals surface area (Å²) in [7, 11) is 0. The lowest BCUT2D eigenvalue weighted by atomic mass is 10.1.